The molecule has 0 bridgehead atoms. The summed E-state index contributed by atoms with van der Waals surface area (Å²) < 4.78 is 11.1. The van der Waals surface area contributed by atoms with Gasteiger partial charge in [0.15, 0.2) is 6.10 Å². The number of carboxylic acid groups (broad SMARTS) is 1. The second-order valence-corrected chi connectivity index (χ2v) is 4.94. The number of benzene rings is 1. The number of fused-ring (bicyclic) bond motifs is 1. The van der Waals surface area contributed by atoms with Crippen LogP contribution in [0.4, 0.5) is 0 Å². The predicted octanol–water partition coefficient (Wildman–Crippen LogP) is 2.55. The molecule has 1 atom stereocenters. The van der Waals surface area contributed by atoms with Gasteiger partial charge in [0.1, 0.15) is 5.58 Å². The average molecular weight is 327 g/mol. The topological polar surface area (TPSA) is 76.7 Å². The molecule has 100 valence electrons. The SMILES string of the molecule is CC(OCc1cc(=O)oc2cc(Br)ccc12)C(=O)O. The zero-order valence-corrected chi connectivity index (χ0v) is 11.6. The summed E-state index contributed by atoms with van der Waals surface area (Å²) in [7, 11) is 0. The molecule has 1 aromatic carbocycles. The fourth-order valence-electron chi connectivity index (χ4n) is 1.61. The van der Waals surface area contributed by atoms with Crippen molar-refractivity contribution in [3.8, 4) is 0 Å². The van der Waals surface area contributed by atoms with Gasteiger partial charge in [-0.1, -0.05) is 15.9 Å². The van der Waals surface area contributed by atoms with Gasteiger partial charge in [0, 0.05) is 15.9 Å². The second kappa shape index (κ2) is 5.54. The molecular formula is C13H11BrO5. The molecule has 0 saturated heterocycles. The first-order chi connectivity index (χ1) is 8.97. The van der Waals surface area contributed by atoms with Crippen LogP contribution in [-0.4, -0.2) is 17.2 Å². The Morgan fingerprint density at radius 3 is 2.89 bits per heavy atom. The first-order valence-electron chi connectivity index (χ1n) is 5.54. The Morgan fingerprint density at radius 1 is 1.47 bits per heavy atom. The van der Waals surface area contributed by atoms with Gasteiger partial charge in [-0.05, 0) is 30.7 Å². The third kappa shape index (κ3) is 3.21. The quantitative estimate of drug-likeness (QED) is 0.874. The van der Waals surface area contributed by atoms with Gasteiger partial charge in [-0.25, -0.2) is 9.59 Å². The summed E-state index contributed by atoms with van der Waals surface area (Å²) in [5.74, 6) is -1.05. The van der Waals surface area contributed by atoms with E-state index in [1.54, 1.807) is 12.1 Å². The molecule has 0 radical (unpaired) electrons. The van der Waals surface area contributed by atoms with Crippen molar-refractivity contribution in [3.05, 3.63) is 44.7 Å². The smallest absolute Gasteiger partial charge is 0.336 e. The lowest BCUT2D eigenvalue weighted by Gasteiger charge is -2.09. The van der Waals surface area contributed by atoms with Gasteiger partial charge in [0.2, 0.25) is 0 Å². The molecule has 0 spiro atoms. The number of hydrogen-bond acceptors (Lipinski definition) is 4. The number of hydrogen-bond donors (Lipinski definition) is 1. The molecular weight excluding hydrogens is 316 g/mol. The van der Waals surface area contributed by atoms with Gasteiger partial charge in [-0.15, -0.1) is 0 Å². The van der Waals surface area contributed by atoms with E-state index in [1.807, 2.05) is 6.07 Å². The van der Waals surface area contributed by atoms with E-state index >= 15 is 0 Å². The molecule has 1 aromatic heterocycles. The standard InChI is InChI=1S/C13H11BrO5/c1-7(13(16)17)18-6-8-4-12(15)19-11-5-9(14)2-3-10(8)11/h2-5,7H,6H2,1H3,(H,16,17). The molecule has 6 heteroatoms. The number of carbonyl (C=O) groups is 1. The van der Waals surface area contributed by atoms with Crippen LogP contribution in [0.5, 0.6) is 0 Å². The third-order valence-corrected chi connectivity index (χ3v) is 3.12. The molecule has 0 aliphatic heterocycles. The second-order valence-electron chi connectivity index (χ2n) is 4.02. The molecule has 0 aliphatic rings. The fourth-order valence-corrected chi connectivity index (χ4v) is 1.95. The van der Waals surface area contributed by atoms with Gasteiger partial charge < -0.3 is 14.3 Å². The van der Waals surface area contributed by atoms with Gasteiger partial charge in [-0.2, -0.15) is 0 Å². The minimum absolute atomic E-state index is 0.0389. The first kappa shape index (κ1) is 13.8. The Bertz CT molecular complexity index is 676. The van der Waals surface area contributed by atoms with Gasteiger partial charge in [-0.3, -0.25) is 0 Å². The van der Waals surface area contributed by atoms with Crippen LogP contribution in [-0.2, 0) is 16.1 Å². The maximum absolute atomic E-state index is 11.4. The summed E-state index contributed by atoms with van der Waals surface area (Å²) in [4.78, 5) is 22.1. The Kier molecular flexibility index (Phi) is 4.01. The number of rotatable bonds is 4. The van der Waals surface area contributed by atoms with Crippen LogP contribution in [0, 0.1) is 0 Å². The summed E-state index contributed by atoms with van der Waals surface area (Å²) >= 11 is 3.29. The van der Waals surface area contributed by atoms with Crippen LogP contribution in [0.3, 0.4) is 0 Å². The van der Waals surface area contributed by atoms with Crippen molar-refractivity contribution in [2.75, 3.05) is 0 Å². The monoisotopic (exact) mass is 326 g/mol. The summed E-state index contributed by atoms with van der Waals surface area (Å²) in [5.41, 5.74) is 0.544. The van der Waals surface area contributed by atoms with Crippen LogP contribution in [0.25, 0.3) is 11.0 Å². The third-order valence-electron chi connectivity index (χ3n) is 2.63. The summed E-state index contributed by atoms with van der Waals surface area (Å²) in [6.45, 7) is 1.48. The number of aliphatic carboxylic acids is 1. The van der Waals surface area contributed by atoms with E-state index in [0.717, 1.165) is 9.86 Å². The summed E-state index contributed by atoms with van der Waals surface area (Å²) in [6.07, 6.45) is -0.933. The Hall–Kier alpha value is -1.66. The molecule has 2 aromatic rings. The minimum Gasteiger partial charge on any atom is -0.479 e. The lowest BCUT2D eigenvalue weighted by Crippen LogP contribution is -2.19. The van der Waals surface area contributed by atoms with Crippen molar-refractivity contribution < 1.29 is 19.1 Å². The number of carboxylic acids is 1. The Morgan fingerprint density at radius 2 is 2.21 bits per heavy atom. The number of ether oxygens (including phenoxy) is 1. The molecule has 1 N–H and O–H groups in total. The highest BCUT2D eigenvalue weighted by atomic mass is 79.9. The molecule has 2 rings (SSSR count). The highest BCUT2D eigenvalue weighted by Gasteiger charge is 2.13. The molecule has 1 unspecified atom stereocenters. The van der Waals surface area contributed by atoms with Crippen molar-refractivity contribution in [1.29, 1.82) is 0 Å². The lowest BCUT2D eigenvalue weighted by molar-refractivity contribution is -0.149. The van der Waals surface area contributed by atoms with E-state index in [-0.39, 0.29) is 6.61 Å². The maximum Gasteiger partial charge on any atom is 0.336 e. The fraction of sp³-hybridized carbons (Fsp3) is 0.231. The van der Waals surface area contributed by atoms with Gasteiger partial charge >= 0.3 is 11.6 Å². The van der Waals surface area contributed by atoms with Crippen molar-refractivity contribution in [3.63, 3.8) is 0 Å². The van der Waals surface area contributed by atoms with E-state index in [9.17, 15) is 9.59 Å². The van der Waals surface area contributed by atoms with Crippen molar-refractivity contribution in [2.45, 2.75) is 19.6 Å². The minimum atomic E-state index is -1.05. The summed E-state index contributed by atoms with van der Waals surface area (Å²) in [6, 6.07) is 6.59. The van der Waals surface area contributed by atoms with E-state index in [0.29, 0.717) is 11.1 Å². The molecule has 1 heterocycles. The van der Waals surface area contributed by atoms with Crippen LogP contribution in [0.15, 0.2) is 37.9 Å². The molecule has 0 saturated carbocycles. The van der Waals surface area contributed by atoms with E-state index in [1.165, 1.54) is 13.0 Å². The zero-order valence-electron chi connectivity index (χ0n) is 10.1. The molecule has 5 nitrogen and oxygen atoms in total. The average Bonchev–Trinajstić information content (AvgIpc) is 2.34. The molecule has 0 amide bonds. The predicted molar refractivity (Wildman–Crippen MR) is 72.1 cm³/mol. The highest BCUT2D eigenvalue weighted by Crippen LogP contribution is 2.22. The van der Waals surface area contributed by atoms with Crippen molar-refractivity contribution in [2.24, 2.45) is 0 Å². The van der Waals surface area contributed by atoms with E-state index in [4.69, 9.17) is 14.3 Å². The Labute approximate surface area is 116 Å². The molecule has 0 aliphatic carbocycles. The van der Waals surface area contributed by atoms with E-state index in [2.05, 4.69) is 15.9 Å². The van der Waals surface area contributed by atoms with Gasteiger partial charge in [0.05, 0.1) is 6.61 Å². The van der Waals surface area contributed by atoms with Crippen LogP contribution in [0.1, 0.15) is 12.5 Å². The van der Waals surface area contributed by atoms with Crippen LogP contribution in [0.2, 0.25) is 0 Å². The van der Waals surface area contributed by atoms with Crippen molar-refractivity contribution >= 4 is 32.9 Å². The Balaban J connectivity index is 2.37. The van der Waals surface area contributed by atoms with Gasteiger partial charge in [0.25, 0.3) is 0 Å². The van der Waals surface area contributed by atoms with Crippen LogP contribution >= 0.6 is 15.9 Å². The zero-order chi connectivity index (χ0) is 14.0. The highest BCUT2D eigenvalue weighted by molar-refractivity contribution is 9.10. The normalized spacial score (nSPS) is 12.5. The van der Waals surface area contributed by atoms with Crippen LogP contribution < -0.4 is 5.63 Å². The van der Waals surface area contributed by atoms with Crippen molar-refractivity contribution in [1.82, 2.24) is 0 Å². The molecule has 0 fully saturated rings. The van der Waals surface area contributed by atoms with E-state index < -0.39 is 17.7 Å². The largest absolute Gasteiger partial charge is 0.479 e. The molecule has 19 heavy (non-hydrogen) atoms. The number of halogens is 1. The maximum atomic E-state index is 11.4. The lowest BCUT2D eigenvalue weighted by atomic mass is 10.1. The summed E-state index contributed by atoms with van der Waals surface area (Å²) in [5, 5.41) is 9.48. The first-order valence-corrected chi connectivity index (χ1v) is 6.33.